The Morgan fingerprint density at radius 2 is 1.46 bits per heavy atom. The van der Waals surface area contributed by atoms with Crippen molar-refractivity contribution < 1.29 is 9.59 Å². The summed E-state index contributed by atoms with van der Waals surface area (Å²) in [6, 6.07) is 11.1. The van der Waals surface area contributed by atoms with E-state index in [1.807, 2.05) is 35.7 Å². The fourth-order valence-electron chi connectivity index (χ4n) is 6.29. The lowest BCUT2D eigenvalue weighted by molar-refractivity contribution is -0.124. The van der Waals surface area contributed by atoms with Gasteiger partial charge < -0.3 is 10.6 Å². The monoisotopic (exact) mass is 394 g/mol. The van der Waals surface area contributed by atoms with E-state index in [0.717, 1.165) is 29.1 Å². The molecule has 0 spiro atoms. The Morgan fingerprint density at radius 3 is 2.00 bits per heavy atom. The average Bonchev–Trinajstić information content (AvgIpc) is 3.16. The van der Waals surface area contributed by atoms with E-state index in [2.05, 4.69) is 10.6 Å². The third-order valence-electron chi connectivity index (χ3n) is 6.87. The van der Waals surface area contributed by atoms with Gasteiger partial charge in [0, 0.05) is 17.8 Å². The van der Waals surface area contributed by atoms with Crippen LogP contribution in [0.2, 0.25) is 0 Å². The third-order valence-corrected chi connectivity index (χ3v) is 7.74. The number of benzene rings is 1. The summed E-state index contributed by atoms with van der Waals surface area (Å²) in [6.45, 7) is 0. The molecule has 2 amide bonds. The van der Waals surface area contributed by atoms with Crippen molar-refractivity contribution in [3.8, 4) is 0 Å². The first kappa shape index (κ1) is 17.9. The summed E-state index contributed by atoms with van der Waals surface area (Å²) < 4.78 is 0. The zero-order valence-corrected chi connectivity index (χ0v) is 16.8. The smallest absolute Gasteiger partial charge is 0.265 e. The number of rotatable bonds is 5. The van der Waals surface area contributed by atoms with Crippen LogP contribution in [-0.2, 0) is 4.79 Å². The zero-order valence-electron chi connectivity index (χ0n) is 15.9. The lowest BCUT2D eigenvalue weighted by Crippen LogP contribution is -2.47. The van der Waals surface area contributed by atoms with Crippen LogP contribution in [0.5, 0.6) is 0 Å². The van der Waals surface area contributed by atoms with Crippen LogP contribution in [0, 0.1) is 23.2 Å². The Hall–Kier alpha value is -2.14. The maximum absolute atomic E-state index is 12.7. The summed E-state index contributed by atoms with van der Waals surface area (Å²) in [5, 5.41) is 7.85. The molecule has 4 nitrogen and oxygen atoms in total. The van der Waals surface area contributed by atoms with Gasteiger partial charge in [0.25, 0.3) is 5.91 Å². The average molecular weight is 395 g/mol. The zero-order chi connectivity index (χ0) is 19.1. The van der Waals surface area contributed by atoms with E-state index in [1.165, 1.54) is 49.9 Å². The molecule has 5 heteroatoms. The predicted octanol–water partition coefficient (Wildman–Crippen LogP) is 5.55. The Labute approximate surface area is 169 Å². The van der Waals surface area contributed by atoms with E-state index >= 15 is 0 Å². The summed E-state index contributed by atoms with van der Waals surface area (Å²) in [7, 11) is 0. The minimum atomic E-state index is -0.103. The van der Waals surface area contributed by atoms with Crippen LogP contribution >= 0.6 is 11.3 Å². The van der Waals surface area contributed by atoms with Crippen molar-refractivity contribution in [2.24, 2.45) is 23.2 Å². The van der Waals surface area contributed by atoms with Crippen molar-refractivity contribution in [3.63, 3.8) is 0 Å². The number of amides is 2. The second-order valence-electron chi connectivity index (χ2n) is 9.15. The fourth-order valence-corrected chi connectivity index (χ4v) is 6.91. The first-order valence-electron chi connectivity index (χ1n) is 10.3. The second-order valence-corrected chi connectivity index (χ2v) is 10.1. The fraction of sp³-hybridized carbons (Fsp3) is 0.478. The summed E-state index contributed by atoms with van der Waals surface area (Å²) in [5.41, 5.74) is 1.79. The molecule has 2 N–H and O–H groups in total. The molecule has 28 heavy (non-hydrogen) atoms. The molecule has 0 atom stereocenters. The van der Waals surface area contributed by atoms with Gasteiger partial charge in [0.05, 0.1) is 4.88 Å². The van der Waals surface area contributed by atoms with Crippen molar-refractivity contribution in [1.29, 1.82) is 0 Å². The van der Waals surface area contributed by atoms with E-state index < -0.39 is 0 Å². The highest BCUT2D eigenvalue weighted by Crippen LogP contribution is 2.61. The standard InChI is InChI=1S/C23H26N2O2S/c26-21(14-23-11-15-8-16(12-23)10-17(9-15)13-23)24-18-3-5-19(6-4-18)25-22(27)20-2-1-7-28-20/h1-7,15-17H,8-14H2,(H,24,26)(H,25,27). The number of hydrogen-bond acceptors (Lipinski definition) is 3. The first-order chi connectivity index (χ1) is 13.6. The van der Waals surface area contributed by atoms with Gasteiger partial charge in [0.15, 0.2) is 0 Å². The molecule has 2 aromatic rings. The normalized spacial score (nSPS) is 30.2. The van der Waals surface area contributed by atoms with Crippen LogP contribution in [0.25, 0.3) is 0 Å². The van der Waals surface area contributed by atoms with E-state index in [9.17, 15) is 9.59 Å². The number of nitrogens with one attached hydrogen (secondary N) is 2. The molecule has 0 aliphatic heterocycles. The van der Waals surface area contributed by atoms with Crippen LogP contribution in [0.3, 0.4) is 0 Å². The van der Waals surface area contributed by atoms with Crippen molar-refractivity contribution >= 4 is 34.5 Å². The maximum Gasteiger partial charge on any atom is 0.265 e. The number of carbonyl (C=O) groups is 2. The summed E-state index contributed by atoms with van der Waals surface area (Å²) in [6.07, 6.45) is 8.62. The molecule has 4 saturated carbocycles. The number of hydrogen-bond donors (Lipinski definition) is 2. The molecule has 4 aliphatic rings. The topological polar surface area (TPSA) is 58.2 Å². The van der Waals surface area contributed by atoms with Gasteiger partial charge in [-0.25, -0.2) is 0 Å². The van der Waals surface area contributed by atoms with Crippen LogP contribution < -0.4 is 10.6 Å². The lowest BCUT2D eigenvalue weighted by atomic mass is 9.49. The summed E-state index contributed by atoms with van der Waals surface area (Å²) >= 11 is 1.42. The summed E-state index contributed by atoms with van der Waals surface area (Å²) in [4.78, 5) is 25.5. The van der Waals surface area contributed by atoms with Gasteiger partial charge in [0.1, 0.15) is 0 Å². The van der Waals surface area contributed by atoms with Gasteiger partial charge >= 0.3 is 0 Å². The van der Waals surface area contributed by atoms with Crippen molar-refractivity contribution in [3.05, 3.63) is 46.7 Å². The molecule has 4 aliphatic carbocycles. The molecule has 1 aromatic carbocycles. The Balaban J connectivity index is 1.18. The van der Waals surface area contributed by atoms with Gasteiger partial charge in [-0.2, -0.15) is 0 Å². The molecule has 0 radical (unpaired) electrons. The molecule has 0 saturated heterocycles. The quantitative estimate of drug-likeness (QED) is 0.699. The number of anilines is 2. The molecule has 1 aromatic heterocycles. The van der Waals surface area contributed by atoms with Crippen LogP contribution in [-0.4, -0.2) is 11.8 Å². The lowest BCUT2D eigenvalue weighted by Gasteiger charge is -2.56. The number of carbonyl (C=O) groups excluding carboxylic acids is 2. The SMILES string of the molecule is O=C(CC12CC3CC(CC(C3)C1)C2)Nc1ccc(NC(=O)c2cccs2)cc1. The molecular formula is C23H26N2O2S. The van der Waals surface area contributed by atoms with Crippen molar-refractivity contribution in [2.45, 2.75) is 44.9 Å². The van der Waals surface area contributed by atoms with E-state index in [4.69, 9.17) is 0 Å². The van der Waals surface area contributed by atoms with Gasteiger partial charge in [-0.15, -0.1) is 11.3 Å². The first-order valence-corrected chi connectivity index (χ1v) is 11.2. The summed E-state index contributed by atoms with van der Waals surface area (Å²) in [5.74, 6) is 2.63. The highest BCUT2D eigenvalue weighted by Gasteiger charge is 2.51. The molecular weight excluding hydrogens is 368 g/mol. The Bertz CT molecular complexity index is 837. The van der Waals surface area contributed by atoms with Crippen LogP contribution in [0.4, 0.5) is 11.4 Å². The third kappa shape index (κ3) is 3.60. The number of thiophene rings is 1. The van der Waals surface area contributed by atoms with Gasteiger partial charge in [0.2, 0.25) is 5.91 Å². The molecule has 4 bridgehead atoms. The van der Waals surface area contributed by atoms with Gasteiger partial charge in [-0.3, -0.25) is 9.59 Å². The largest absolute Gasteiger partial charge is 0.326 e. The predicted molar refractivity (Wildman–Crippen MR) is 113 cm³/mol. The highest BCUT2D eigenvalue weighted by atomic mass is 32.1. The molecule has 4 fully saturated rings. The minimum Gasteiger partial charge on any atom is -0.326 e. The molecule has 146 valence electrons. The van der Waals surface area contributed by atoms with Crippen molar-refractivity contribution in [2.75, 3.05) is 10.6 Å². The maximum atomic E-state index is 12.7. The van der Waals surface area contributed by atoms with Gasteiger partial charge in [-0.1, -0.05) is 6.07 Å². The Kier molecular flexibility index (Phi) is 4.50. The van der Waals surface area contributed by atoms with E-state index in [-0.39, 0.29) is 17.2 Å². The van der Waals surface area contributed by atoms with E-state index in [0.29, 0.717) is 11.3 Å². The highest BCUT2D eigenvalue weighted by molar-refractivity contribution is 7.12. The molecule has 1 heterocycles. The van der Waals surface area contributed by atoms with Crippen LogP contribution in [0.1, 0.15) is 54.6 Å². The minimum absolute atomic E-state index is 0.103. The molecule has 0 unspecified atom stereocenters. The van der Waals surface area contributed by atoms with Gasteiger partial charge in [-0.05, 0) is 97.4 Å². The van der Waals surface area contributed by atoms with E-state index in [1.54, 1.807) is 6.07 Å². The second kappa shape index (κ2) is 7.03. The molecule has 6 rings (SSSR count). The Morgan fingerprint density at radius 1 is 0.893 bits per heavy atom. The van der Waals surface area contributed by atoms with Crippen LogP contribution in [0.15, 0.2) is 41.8 Å². The van der Waals surface area contributed by atoms with Crippen molar-refractivity contribution in [1.82, 2.24) is 0 Å².